The molecular weight excluding hydrogens is 242 g/mol. The normalized spacial score (nSPS) is 11.0. The van der Waals surface area contributed by atoms with Crippen LogP contribution in [-0.4, -0.2) is 47.8 Å². The first kappa shape index (κ1) is 15.5. The van der Waals surface area contributed by atoms with Crippen molar-refractivity contribution in [2.45, 2.75) is 33.2 Å². The highest BCUT2D eigenvalue weighted by Gasteiger charge is 2.10. The molecule has 0 spiro atoms. The number of carbonyl (C=O) groups excluding carboxylic acids is 1. The van der Waals surface area contributed by atoms with E-state index >= 15 is 0 Å². The van der Waals surface area contributed by atoms with Crippen molar-refractivity contribution in [3.8, 4) is 0 Å². The summed E-state index contributed by atoms with van der Waals surface area (Å²) in [6.07, 6.45) is 2.07. The summed E-state index contributed by atoms with van der Waals surface area (Å²) < 4.78 is 1.65. The summed E-state index contributed by atoms with van der Waals surface area (Å²) in [5.41, 5.74) is 8.11. The van der Waals surface area contributed by atoms with Crippen molar-refractivity contribution in [2.24, 2.45) is 0 Å². The van der Waals surface area contributed by atoms with Crippen LogP contribution < -0.4 is 11.1 Å². The fraction of sp³-hybridized carbons (Fsp3) is 0.692. The number of nitrogens with two attached hydrogens (primary N) is 1. The van der Waals surface area contributed by atoms with Gasteiger partial charge in [0.1, 0.15) is 6.54 Å². The van der Waals surface area contributed by atoms with Gasteiger partial charge in [0.2, 0.25) is 5.91 Å². The van der Waals surface area contributed by atoms with Gasteiger partial charge in [0, 0.05) is 6.54 Å². The van der Waals surface area contributed by atoms with E-state index in [1.165, 1.54) is 0 Å². The predicted octanol–water partition coefficient (Wildman–Crippen LogP) is 0.540. The van der Waals surface area contributed by atoms with Crippen LogP contribution in [0.4, 0.5) is 5.69 Å². The third kappa shape index (κ3) is 4.90. The van der Waals surface area contributed by atoms with Crippen LogP contribution in [0.1, 0.15) is 24.2 Å². The molecule has 1 aromatic rings. The molecule has 0 fully saturated rings. The highest BCUT2D eigenvalue weighted by molar-refractivity contribution is 5.75. The summed E-state index contributed by atoms with van der Waals surface area (Å²) in [6.45, 7) is 5.71. The van der Waals surface area contributed by atoms with Gasteiger partial charge in [-0.05, 0) is 47.3 Å². The number of nitrogen functional groups attached to an aromatic ring is 1. The van der Waals surface area contributed by atoms with Crippen molar-refractivity contribution >= 4 is 11.6 Å². The molecule has 0 aliphatic heterocycles. The molecule has 6 heteroatoms. The number of rotatable bonds is 7. The lowest BCUT2D eigenvalue weighted by Gasteiger charge is -2.10. The van der Waals surface area contributed by atoms with Crippen LogP contribution >= 0.6 is 0 Å². The summed E-state index contributed by atoms with van der Waals surface area (Å²) in [5, 5.41) is 7.14. The highest BCUT2D eigenvalue weighted by Crippen LogP contribution is 2.14. The van der Waals surface area contributed by atoms with E-state index in [1.54, 1.807) is 4.68 Å². The summed E-state index contributed by atoms with van der Waals surface area (Å²) >= 11 is 0. The van der Waals surface area contributed by atoms with Crippen molar-refractivity contribution < 1.29 is 4.79 Å². The Morgan fingerprint density at radius 1 is 1.37 bits per heavy atom. The second-order valence-corrected chi connectivity index (χ2v) is 5.10. The Hall–Kier alpha value is -1.56. The molecule has 0 atom stereocenters. The van der Waals surface area contributed by atoms with E-state index in [0.29, 0.717) is 12.2 Å². The van der Waals surface area contributed by atoms with Crippen LogP contribution in [0.15, 0.2) is 0 Å². The zero-order valence-electron chi connectivity index (χ0n) is 12.4. The van der Waals surface area contributed by atoms with E-state index in [-0.39, 0.29) is 12.5 Å². The summed E-state index contributed by atoms with van der Waals surface area (Å²) in [7, 11) is 4.09. The monoisotopic (exact) mass is 267 g/mol. The van der Waals surface area contributed by atoms with Gasteiger partial charge in [-0.25, -0.2) is 0 Å². The number of aryl methyl sites for hydroxylation is 1. The minimum atomic E-state index is -0.0181. The smallest absolute Gasteiger partial charge is 0.241 e. The second kappa shape index (κ2) is 7.13. The zero-order chi connectivity index (χ0) is 14.4. The van der Waals surface area contributed by atoms with Crippen LogP contribution in [0, 0.1) is 13.8 Å². The Labute approximate surface area is 114 Å². The van der Waals surface area contributed by atoms with Crippen molar-refractivity contribution in [3.63, 3.8) is 0 Å². The SMILES string of the molecule is Cc1nn(CC(=O)NCCCCN(C)C)c(C)c1N. The Balaban J connectivity index is 2.29. The molecule has 1 aromatic heterocycles. The Kier molecular flexibility index (Phi) is 5.82. The Morgan fingerprint density at radius 2 is 2.05 bits per heavy atom. The van der Waals surface area contributed by atoms with E-state index < -0.39 is 0 Å². The number of nitrogens with zero attached hydrogens (tertiary/aromatic N) is 3. The van der Waals surface area contributed by atoms with Crippen molar-refractivity contribution in [1.82, 2.24) is 20.0 Å². The van der Waals surface area contributed by atoms with Gasteiger partial charge in [0.05, 0.1) is 17.1 Å². The number of hydrogen-bond acceptors (Lipinski definition) is 4. The van der Waals surface area contributed by atoms with Gasteiger partial charge in [-0.1, -0.05) is 0 Å². The maximum absolute atomic E-state index is 11.8. The number of anilines is 1. The number of aromatic nitrogens is 2. The molecule has 0 bridgehead atoms. The Morgan fingerprint density at radius 3 is 2.58 bits per heavy atom. The lowest BCUT2D eigenvalue weighted by atomic mass is 10.3. The quantitative estimate of drug-likeness (QED) is 0.707. The lowest BCUT2D eigenvalue weighted by Crippen LogP contribution is -2.29. The van der Waals surface area contributed by atoms with Crippen molar-refractivity contribution in [2.75, 3.05) is 32.9 Å². The average Bonchev–Trinajstić information content (AvgIpc) is 2.56. The lowest BCUT2D eigenvalue weighted by molar-refractivity contribution is -0.121. The number of carbonyl (C=O) groups is 1. The molecule has 19 heavy (non-hydrogen) atoms. The average molecular weight is 267 g/mol. The molecule has 108 valence electrons. The third-order valence-corrected chi connectivity index (χ3v) is 3.09. The minimum Gasteiger partial charge on any atom is -0.396 e. The molecule has 6 nitrogen and oxygen atoms in total. The molecule has 0 saturated carbocycles. The Bertz CT molecular complexity index is 425. The molecule has 0 radical (unpaired) electrons. The van der Waals surface area contributed by atoms with E-state index in [1.807, 2.05) is 27.9 Å². The molecule has 0 saturated heterocycles. The van der Waals surface area contributed by atoms with E-state index in [4.69, 9.17) is 5.73 Å². The van der Waals surface area contributed by atoms with Gasteiger partial charge in [0.15, 0.2) is 0 Å². The first-order valence-corrected chi connectivity index (χ1v) is 6.62. The topological polar surface area (TPSA) is 76.2 Å². The molecule has 1 amide bonds. The van der Waals surface area contributed by atoms with Crippen LogP contribution in [0.3, 0.4) is 0 Å². The number of amides is 1. The van der Waals surface area contributed by atoms with Crippen molar-refractivity contribution in [3.05, 3.63) is 11.4 Å². The van der Waals surface area contributed by atoms with E-state index in [0.717, 1.165) is 30.8 Å². The standard InChI is InChI=1S/C13H25N5O/c1-10-13(14)11(2)18(16-10)9-12(19)15-7-5-6-8-17(3)4/h5-9,14H2,1-4H3,(H,15,19). The van der Waals surface area contributed by atoms with E-state index in [9.17, 15) is 4.79 Å². The minimum absolute atomic E-state index is 0.0181. The maximum Gasteiger partial charge on any atom is 0.241 e. The van der Waals surface area contributed by atoms with E-state index in [2.05, 4.69) is 15.3 Å². The first-order valence-electron chi connectivity index (χ1n) is 6.62. The number of nitrogens with one attached hydrogen (secondary N) is 1. The largest absolute Gasteiger partial charge is 0.396 e. The maximum atomic E-state index is 11.8. The second-order valence-electron chi connectivity index (χ2n) is 5.10. The molecule has 1 rings (SSSR count). The zero-order valence-corrected chi connectivity index (χ0v) is 12.4. The molecule has 3 N–H and O–H groups in total. The highest BCUT2D eigenvalue weighted by atomic mass is 16.2. The van der Waals surface area contributed by atoms with Gasteiger partial charge in [-0.15, -0.1) is 0 Å². The van der Waals surface area contributed by atoms with Crippen molar-refractivity contribution in [1.29, 1.82) is 0 Å². The van der Waals surface area contributed by atoms with Gasteiger partial charge in [0.25, 0.3) is 0 Å². The molecule has 0 aliphatic carbocycles. The fourth-order valence-corrected chi connectivity index (χ4v) is 1.84. The molecule has 0 aromatic carbocycles. The van der Waals surface area contributed by atoms with Crippen LogP contribution in [0.25, 0.3) is 0 Å². The van der Waals surface area contributed by atoms with Gasteiger partial charge < -0.3 is 16.0 Å². The fourth-order valence-electron chi connectivity index (χ4n) is 1.84. The molecule has 0 unspecified atom stereocenters. The van der Waals surface area contributed by atoms with Gasteiger partial charge in [-0.2, -0.15) is 5.10 Å². The van der Waals surface area contributed by atoms with Crippen LogP contribution in [0.5, 0.6) is 0 Å². The third-order valence-electron chi connectivity index (χ3n) is 3.09. The molecule has 0 aliphatic rings. The molecular formula is C13H25N5O. The number of hydrogen-bond donors (Lipinski definition) is 2. The predicted molar refractivity (Wildman–Crippen MR) is 76.9 cm³/mol. The van der Waals surface area contributed by atoms with Crippen LogP contribution in [0.2, 0.25) is 0 Å². The summed E-state index contributed by atoms with van der Waals surface area (Å²) in [4.78, 5) is 13.9. The summed E-state index contributed by atoms with van der Waals surface area (Å²) in [5.74, 6) is -0.0181. The first-order chi connectivity index (χ1) is 8.91. The number of unbranched alkanes of at least 4 members (excludes halogenated alkanes) is 1. The summed E-state index contributed by atoms with van der Waals surface area (Å²) in [6, 6.07) is 0. The van der Waals surface area contributed by atoms with Crippen LogP contribution in [-0.2, 0) is 11.3 Å². The van der Waals surface area contributed by atoms with Gasteiger partial charge in [-0.3, -0.25) is 9.48 Å². The van der Waals surface area contributed by atoms with Gasteiger partial charge >= 0.3 is 0 Å². The molecule has 1 heterocycles.